The summed E-state index contributed by atoms with van der Waals surface area (Å²) in [5.41, 5.74) is 0.193. The molecule has 4 rings (SSSR count). The van der Waals surface area contributed by atoms with Gasteiger partial charge in [0.05, 0.1) is 28.6 Å². The van der Waals surface area contributed by atoms with Gasteiger partial charge in [-0.2, -0.15) is 5.26 Å². The van der Waals surface area contributed by atoms with Gasteiger partial charge in [-0.1, -0.05) is 23.7 Å². The number of carbonyl (C=O) groups is 1. The van der Waals surface area contributed by atoms with Gasteiger partial charge in [-0.25, -0.2) is 18.6 Å². The maximum Gasteiger partial charge on any atom is 0.335 e. The van der Waals surface area contributed by atoms with Crippen LogP contribution in [0.2, 0.25) is 5.02 Å². The molecule has 0 bridgehead atoms. The van der Waals surface area contributed by atoms with Crippen molar-refractivity contribution >= 4 is 28.5 Å². The van der Waals surface area contributed by atoms with Crippen LogP contribution in [0.15, 0.2) is 59.4 Å². The van der Waals surface area contributed by atoms with Crippen molar-refractivity contribution in [3.05, 3.63) is 92.5 Å². The molecule has 3 aromatic carbocycles. The van der Waals surface area contributed by atoms with Gasteiger partial charge >= 0.3 is 5.97 Å². The summed E-state index contributed by atoms with van der Waals surface area (Å²) < 4.78 is 33.6. The fraction of sp³-hybridized carbons (Fsp3) is 0.154. The highest BCUT2D eigenvalue weighted by Gasteiger charge is 2.17. The van der Waals surface area contributed by atoms with E-state index >= 15 is 0 Å². The number of fused-ring (bicyclic) bond motifs is 1. The molecular weight excluding hydrogens is 492 g/mol. The lowest BCUT2D eigenvalue weighted by molar-refractivity contribution is 0.0697. The number of nitriles is 1. The third-order valence-electron chi connectivity index (χ3n) is 5.58. The summed E-state index contributed by atoms with van der Waals surface area (Å²) in [4.78, 5) is 28.8. The van der Waals surface area contributed by atoms with Crippen LogP contribution in [0.1, 0.15) is 33.7 Å². The molecule has 36 heavy (non-hydrogen) atoms. The first-order chi connectivity index (χ1) is 17.2. The zero-order chi connectivity index (χ0) is 26.0. The summed E-state index contributed by atoms with van der Waals surface area (Å²) in [5, 5.41) is 19.1. The SMILES string of the molecule is Cc1nc2cc(C(F)F)cc(C#N)c2c(=O)n1CCOc1ccc(Cl)cc1-c1cccc(C(=O)O)c1. The van der Waals surface area contributed by atoms with Crippen LogP contribution in [0.25, 0.3) is 22.0 Å². The van der Waals surface area contributed by atoms with Crippen molar-refractivity contribution in [1.29, 1.82) is 5.26 Å². The molecule has 182 valence electrons. The minimum absolute atomic E-state index is 0.0260. The van der Waals surface area contributed by atoms with Crippen LogP contribution in [0.5, 0.6) is 5.75 Å². The predicted octanol–water partition coefficient (Wildman–Crippen LogP) is 5.61. The normalized spacial score (nSPS) is 11.0. The van der Waals surface area contributed by atoms with Crippen LogP contribution in [0, 0.1) is 18.3 Å². The van der Waals surface area contributed by atoms with Gasteiger partial charge in [0.25, 0.3) is 12.0 Å². The van der Waals surface area contributed by atoms with Crippen molar-refractivity contribution in [2.45, 2.75) is 19.9 Å². The Bertz CT molecular complexity index is 1600. The summed E-state index contributed by atoms with van der Waals surface area (Å²) in [7, 11) is 0. The second kappa shape index (κ2) is 10.1. The molecule has 0 radical (unpaired) electrons. The van der Waals surface area contributed by atoms with E-state index < -0.39 is 18.0 Å². The van der Waals surface area contributed by atoms with Gasteiger partial charge in [0, 0.05) is 16.1 Å². The van der Waals surface area contributed by atoms with E-state index in [1.807, 2.05) is 0 Å². The number of carboxylic acids is 1. The summed E-state index contributed by atoms with van der Waals surface area (Å²) in [6.45, 7) is 1.65. The predicted molar refractivity (Wildman–Crippen MR) is 130 cm³/mol. The Morgan fingerprint density at radius 3 is 2.69 bits per heavy atom. The van der Waals surface area contributed by atoms with E-state index in [1.54, 1.807) is 43.3 Å². The molecule has 0 amide bonds. The van der Waals surface area contributed by atoms with Crippen molar-refractivity contribution in [3.63, 3.8) is 0 Å². The lowest BCUT2D eigenvalue weighted by Crippen LogP contribution is -2.27. The Balaban J connectivity index is 1.65. The highest BCUT2D eigenvalue weighted by atomic mass is 35.5. The first-order valence-corrected chi connectivity index (χ1v) is 11.1. The van der Waals surface area contributed by atoms with Crippen molar-refractivity contribution < 1.29 is 23.4 Å². The molecule has 0 saturated heterocycles. The Kier molecular flexibility index (Phi) is 6.99. The topological polar surface area (TPSA) is 105 Å². The Morgan fingerprint density at radius 1 is 1.22 bits per heavy atom. The number of carboxylic acid groups (broad SMARTS) is 1. The van der Waals surface area contributed by atoms with Crippen LogP contribution in [-0.4, -0.2) is 27.2 Å². The summed E-state index contributed by atoms with van der Waals surface area (Å²) in [5.74, 6) is -0.380. The lowest BCUT2D eigenvalue weighted by Gasteiger charge is -2.15. The minimum atomic E-state index is -2.80. The summed E-state index contributed by atoms with van der Waals surface area (Å²) >= 11 is 6.16. The number of ether oxygens (including phenoxy) is 1. The summed E-state index contributed by atoms with van der Waals surface area (Å²) in [6, 6.07) is 15.1. The van der Waals surface area contributed by atoms with Gasteiger partial charge in [0.2, 0.25) is 0 Å². The number of halogens is 3. The zero-order valence-corrected chi connectivity index (χ0v) is 19.6. The number of aromatic carboxylic acids is 1. The van der Waals surface area contributed by atoms with Crippen molar-refractivity contribution in [3.8, 4) is 22.9 Å². The van der Waals surface area contributed by atoms with E-state index in [2.05, 4.69) is 4.98 Å². The zero-order valence-electron chi connectivity index (χ0n) is 18.8. The monoisotopic (exact) mass is 509 g/mol. The number of aromatic nitrogens is 2. The largest absolute Gasteiger partial charge is 0.491 e. The molecule has 0 fully saturated rings. The fourth-order valence-corrected chi connectivity index (χ4v) is 4.05. The number of benzene rings is 3. The Labute approximate surface area is 208 Å². The molecular formula is C26H18ClF2N3O4. The molecule has 10 heteroatoms. The molecule has 0 saturated carbocycles. The number of hydrogen-bond donors (Lipinski definition) is 1. The molecule has 0 atom stereocenters. The van der Waals surface area contributed by atoms with Gasteiger partial charge in [0.1, 0.15) is 24.3 Å². The average Bonchev–Trinajstić information content (AvgIpc) is 2.85. The van der Waals surface area contributed by atoms with Gasteiger partial charge in [-0.05, 0) is 55.0 Å². The maximum atomic E-state index is 13.2. The molecule has 0 unspecified atom stereocenters. The second-order valence-electron chi connectivity index (χ2n) is 7.87. The first-order valence-electron chi connectivity index (χ1n) is 10.7. The van der Waals surface area contributed by atoms with E-state index in [4.69, 9.17) is 16.3 Å². The van der Waals surface area contributed by atoms with Gasteiger partial charge < -0.3 is 9.84 Å². The van der Waals surface area contributed by atoms with Crippen LogP contribution < -0.4 is 10.3 Å². The van der Waals surface area contributed by atoms with Gasteiger partial charge in [-0.15, -0.1) is 0 Å². The summed E-state index contributed by atoms with van der Waals surface area (Å²) in [6.07, 6.45) is -2.80. The Hall–Kier alpha value is -4.29. The quantitative estimate of drug-likeness (QED) is 0.347. The van der Waals surface area contributed by atoms with Crippen LogP contribution in [0.4, 0.5) is 8.78 Å². The third-order valence-corrected chi connectivity index (χ3v) is 5.81. The van der Waals surface area contributed by atoms with Crippen molar-refractivity contribution in [2.75, 3.05) is 6.61 Å². The minimum Gasteiger partial charge on any atom is -0.491 e. The van der Waals surface area contributed by atoms with E-state index in [0.29, 0.717) is 21.9 Å². The van der Waals surface area contributed by atoms with Crippen LogP contribution >= 0.6 is 11.6 Å². The maximum absolute atomic E-state index is 13.2. The molecule has 1 N–H and O–H groups in total. The van der Waals surface area contributed by atoms with E-state index in [1.165, 1.54) is 16.7 Å². The highest BCUT2D eigenvalue weighted by Crippen LogP contribution is 2.33. The number of nitrogens with zero attached hydrogens (tertiary/aromatic N) is 3. The average molecular weight is 510 g/mol. The number of hydrogen-bond acceptors (Lipinski definition) is 5. The molecule has 7 nitrogen and oxygen atoms in total. The molecule has 4 aromatic rings. The standard InChI is InChI=1S/C26H18ClF2N3O4/c1-14-31-21-11-17(24(28)29)10-18(13-30)23(21)25(33)32(14)7-8-36-22-6-5-19(27)12-20(22)15-3-2-4-16(9-15)26(34)35/h2-6,9-12,24H,7-8H2,1H3,(H,34,35). The van der Waals surface area contributed by atoms with Crippen molar-refractivity contribution in [1.82, 2.24) is 9.55 Å². The highest BCUT2D eigenvalue weighted by molar-refractivity contribution is 6.31. The lowest BCUT2D eigenvalue weighted by atomic mass is 10.0. The fourth-order valence-electron chi connectivity index (χ4n) is 3.88. The van der Waals surface area contributed by atoms with Crippen LogP contribution in [0.3, 0.4) is 0 Å². The van der Waals surface area contributed by atoms with Gasteiger partial charge in [-0.3, -0.25) is 9.36 Å². The second-order valence-corrected chi connectivity index (χ2v) is 8.30. The number of rotatable bonds is 7. The number of aryl methyl sites for hydroxylation is 1. The van der Waals surface area contributed by atoms with Crippen LogP contribution in [-0.2, 0) is 6.54 Å². The van der Waals surface area contributed by atoms with E-state index in [0.717, 1.165) is 12.1 Å². The van der Waals surface area contributed by atoms with Crippen molar-refractivity contribution in [2.24, 2.45) is 0 Å². The molecule has 0 spiro atoms. The molecule has 1 heterocycles. The first kappa shape index (κ1) is 24.8. The van der Waals surface area contributed by atoms with E-state index in [-0.39, 0.29) is 46.6 Å². The molecule has 0 aliphatic carbocycles. The molecule has 1 aromatic heterocycles. The molecule has 0 aliphatic rings. The van der Waals surface area contributed by atoms with E-state index in [9.17, 15) is 28.7 Å². The smallest absolute Gasteiger partial charge is 0.335 e. The number of alkyl halides is 2. The Morgan fingerprint density at radius 2 is 2.00 bits per heavy atom. The van der Waals surface area contributed by atoms with Gasteiger partial charge in [0.15, 0.2) is 0 Å². The third kappa shape index (κ3) is 4.90. The molecule has 0 aliphatic heterocycles.